The van der Waals surface area contributed by atoms with Crippen LogP contribution in [0.3, 0.4) is 0 Å². The second-order valence-corrected chi connectivity index (χ2v) is 7.08. The molecule has 0 bridgehead atoms. The molecule has 4 rings (SSSR count). The van der Waals surface area contributed by atoms with Crippen LogP contribution in [0.1, 0.15) is 41.5 Å². The summed E-state index contributed by atoms with van der Waals surface area (Å²) in [4.78, 5) is 11.3. The van der Waals surface area contributed by atoms with Crippen LogP contribution in [0.15, 0.2) is 54.6 Å². The smallest absolute Gasteiger partial charge is 0.356 e. The van der Waals surface area contributed by atoms with Crippen molar-refractivity contribution in [1.82, 2.24) is 30.4 Å². The van der Waals surface area contributed by atoms with Gasteiger partial charge in [-0.3, -0.25) is 4.68 Å². The molecule has 2 aromatic heterocycles. The summed E-state index contributed by atoms with van der Waals surface area (Å²) in [6.45, 7) is 2.64. The standard InChI is InChI=1S/C22H22N6O2/c1-2-3-6-17-13-20(22(29)30)25-28(17)14-15-9-11-16(12-10-15)18-7-4-5-8-19(18)21-23-26-27-24-21/h4-5,7-13H,2-3,6,14H2,1H3,(H,29,30)(H,23,24,26,27). The zero-order valence-electron chi connectivity index (χ0n) is 16.6. The van der Waals surface area contributed by atoms with Crippen LogP contribution in [-0.2, 0) is 13.0 Å². The number of aromatic amines is 1. The van der Waals surface area contributed by atoms with E-state index < -0.39 is 5.97 Å². The molecule has 4 aromatic rings. The predicted octanol–water partition coefficient (Wildman–Crippen LogP) is 3.82. The minimum Gasteiger partial charge on any atom is -0.476 e. The molecule has 0 unspecified atom stereocenters. The Hall–Kier alpha value is -3.81. The molecular formula is C22H22N6O2. The second-order valence-electron chi connectivity index (χ2n) is 7.08. The van der Waals surface area contributed by atoms with Gasteiger partial charge in [-0.1, -0.05) is 61.9 Å². The summed E-state index contributed by atoms with van der Waals surface area (Å²) < 4.78 is 1.79. The molecule has 0 radical (unpaired) electrons. The van der Waals surface area contributed by atoms with Gasteiger partial charge in [-0.15, -0.1) is 5.10 Å². The minimum atomic E-state index is -1.000. The lowest BCUT2D eigenvalue weighted by Gasteiger charge is -2.10. The van der Waals surface area contributed by atoms with Gasteiger partial charge in [-0.2, -0.15) is 5.10 Å². The van der Waals surface area contributed by atoms with E-state index in [2.05, 4.69) is 32.6 Å². The summed E-state index contributed by atoms with van der Waals surface area (Å²) in [7, 11) is 0. The molecule has 0 aliphatic rings. The molecule has 0 atom stereocenters. The largest absolute Gasteiger partial charge is 0.476 e. The summed E-state index contributed by atoms with van der Waals surface area (Å²) in [5.74, 6) is -0.381. The van der Waals surface area contributed by atoms with Gasteiger partial charge in [0.2, 0.25) is 0 Å². The van der Waals surface area contributed by atoms with Crippen LogP contribution in [-0.4, -0.2) is 41.5 Å². The number of aryl methyl sites for hydroxylation is 1. The highest BCUT2D eigenvalue weighted by atomic mass is 16.4. The quantitative estimate of drug-likeness (QED) is 0.464. The Morgan fingerprint density at radius 3 is 2.53 bits per heavy atom. The molecule has 2 aromatic carbocycles. The van der Waals surface area contributed by atoms with Crippen LogP contribution in [0.4, 0.5) is 0 Å². The average molecular weight is 402 g/mol. The first-order valence-electron chi connectivity index (χ1n) is 9.88. The molecule has 0 aliphatic carbocycles. The van der Waals surface area contributed by atoms with E-state index in [1.165, 1.54) is 0 Å². The van der Waals surface area contributed by atoms with E-state index in [0.717, 1.165) is 47.2 Å². The number of nitrogens with zero attached hydrogens (tertiary/aromatic N) is 5. The van der Waals surface area contributed by atoms with Crippen molar-refractivity contribution < 1.29 is 9.90 Å². The molecule has 8 heteroatoms. The number of benzene rings is 2. The zero-order chi connectivity index (χ0) is 20.9. The lowest BCUT2D eigenvalue weighted by Crippen LogP contribution is -2.07. The lowest BCUT2D eigenvalue weighted by molar-refractivity contribution is 0.0689. The molecule has 30 heavy (non-hydrogen) atoms. The lowest BCUT2D eigenvalue weighted by atomic mass is 9.98. The number of hydrogen-bond donors (Lipinski definition) is 2. The van der Waals surface area contributed by atoms with Crippen molar-refractivity contribution in [3.63, 3.8) is 0 Å². The Kier molecular flexibility index (Phi) is 5.65. The molecular weight excluding hydrogens is 380 g/mol. The van der Waals surface area contributed by atoms with Gasteiger partial charge in [-0.25, -0.2) is 9.89 Å². The summed E-state index contributed by atoms with van der Waals surface area (Å²) in [5, 5.41) is 27.7. The molecule has 2 heterocycles. The van der Waals surface area contributed by atoms with Crippen LogP contribution in [0.5, 0.6) is 0 Å². The molecule has 0 spiro atoms. The fourth-order valence-electron chi connectivity index (χ4n) is 3.43. The SMILES string of the molecule is CCCCc1cc(C(=O)O)nn1Cc1ccc(-c2ccccc2-c2nnn[nH]2)cc1. The Morgan fingerprint density at radius 2 is 1.87 bits per heavy atom. The van der Waals surface area contributed by atoms with Gasteiger partial charge in [0.1, 0.15) is 0 Å². The van der Waals surface area contributed by atoms with Crippen molar-refractivity contribution in [1.29, 1.82) is 0 Å². The number of nitrogens with one attached hydrogen (secondary N) is 1. The molecule has 0 fully saturated rings. The molecule has 2 N–H and O–H groups in total. The zero-order valence-corrected chi connectivity index (χ0v) is 16.6. The van der Waals surface area contributed by atoms with Crippen LogP contribution in [0, 0.1) is 0 Å². The van der Waals surface area contributed by atoms with E-state index in [9.17, 15) is 9.90 Å². The number of carboxylic acids is 1. The number of unbranched alkanes of at least 4 members (excludes halogenated alkanes) is 1. The van der Waals surface area contributed by atoms with Gasteiger partial charge in [0.15, 0.2) is 11.5 Å². The Morgan fingerprint density at radius 1 is 1.10 bits per heavy atom. The second kappa shape index (κ2) is 8.69. The van der Waals surface area contributed by atoms with Crippen molar-refractivity contribution in [3.05, 3.63) is 71.5 Å². The van der Waals surface area contributed by atoms with Gasteiger partial charge >= 0.3 is 5.97 Å². The summed E-state index contributed by atoms with van der Waals surface area (Å²) in [6.07, 6.45) is 2.85. The first kappa shape index (κ1) is 19.5. The Balaban J connectivity index is 1.59. The molecule has 8 nitrogen and oxygen atoms in total. The number of aromatic carboxylic acids is 1. The maximum Gasteiger partial charge on any atom is 0.356 e. The Bertz CT molecular complexity index is 1130. The maximum absolute atomic E-state index is 11.3. The molecule has 0 saturated carbocycles. The number of rotatable bonds is 8. The number of carboxylic acid groups (broad SMARTS) is 1. The van der Waals surface area contributed by atoms with Crippen molar-refractivity contribution in [2.24, 2.45) is 0 Å². The first-order valence-corrected chi connectivity index (χ1v) is 9.88. The maximum atomic E-state index is 11.3. The third kappa shape index (κ3) is 4.12. The first-order chi connectivity index (χ1) is 14.7. The van der Waals surface area contributed by atoms with Gasteiger partial charge in [0.05, 0.1) is 6.54 Å². The van der Waals surface area contributed by atoms with E-state index >= 15 is 0 Å². The number of carbonyl (C=O) groups is 1. The number of aromatic nitrogens is 6. The van der Waals surface area contributed by atoms with E-state index in [4.69, 9.17) is 0 Å². The normalized spacial score (nSPS) is 11.0. The number of tetrazole rings is 1. The van der Waals surface area contributed by atoms with Crippen molar-refractivity contribution >= 4 is 5.97 Å². The molecule has 0 amide bonds. The average Bonchev–Trinajstić information content (AvgIpc) is 3.43. The predicted molar refractivity (Wildman–Crippen MR) is 112 cm³/mol. The van der Waals surface area contributed by atoms with Crippen LogP contribution < -0.4 is 0 Å². The third-order valence-electron chi connectivity index (χ3n) is 4.99. The monoisotopic (exact) mass is 402 g/mol. The van der Waals surface area contributed by atoms with E-state index in [-0.39, 0.29) is 5.69 Å². The summed E-state index contributed by atoms with van der Waals surface area (Å²) in [5.41, 5.74) is 5.08. The van der Waals surface area contributed by atoms with E-state index in [0.29, 0.717) is 12.4 Å². The van der Waals surface area contributed by atoms with Gasteiger partial charge in [-0.05, 0) is 46.0 Å². The number of H-pyrrole nitrogens is 1. The van der Waals surface area contributed by atoms with Crippen molar-refractivity contribution in [2.45, 2.75) is 32.7 Å². The fourth-order valence-corrected chi connectivity index (χ4v) is 3.43. The highest BCUT2D eigenvalue weighted by molar-refractivity contribution is 5.85. The summed E-state index contributed by atoms with van der Waals surface area (Å²) >= 11 is 0. The molecule has 152 valence electrons. The van der Waals surface area contributed by atoms with E-state index in [1.54, 1.807) is 10.7 Å². The molecule has 0 aliphatic heterocycles. The highest BCUT2D eigenvalue weighted by Gasteiger charge is 2.14. The molecule has 0 saturated heterocycles. The topological polar surface area (TPSA) is 110 Å². The Labute approximate surface area is 173 Å². The highest BCUT2D eigenvalue weighted by Crippen LogP contribution is 2.29. The number of hydrogen-bond acceptors (Lipinski definition) is 5. The van der Waals surface area contributed by atoms with Gasteiger partial charge in [0, 0.05) is 11.3 Å². The van der Waals surface area contributed by atoms with Crippen LogP contribution >= 0.6 is 0 Å². The summed E-state index contributed by atoms with van der Waals surface area (Å²) in [6, 6.07) is 17.8. The van der Waals surface area contributed by atoms with Crippen molar-refractivity contribution in [3.8, 4) is 22.5 Å². The fraction of sp³-hybridized carbons (Fsp3) is 0.227. The third-order valence-corrected chi connectivity index (χ3v) is 4.99. The van der Waals surface area contributed by atoms with Crippen molar-refractivity contribution in [2.75, 3.05) is 0 Å². The van der Waals surface area contributed by atoms with E-state index in [1.807, 2.05) is 48.5 Å². The van der Waals surface area contributed by atoms with Crippen LogP contribution in [0.25, 0.3) is 22.5 Å². The van der Waals surface area contributed by atoms with Gasteiger partial charge < -0.3 is 5.11 Å². The van der Waals surface area contributed by atoms with Gasteiger partial charge in [0.25, 0.3) is 0 Å². The minimum absolute atomic E-state index is 0.0901. The van der Waals surface area contributed by atoms with Crippen LogP contribution in [0.2, 0.25) is 0 Å².